The molecule has 0 spiro atoms. The molecule has 0 N–H and O–H groups in total. The van der Waals surface area contributed by atoms with E-state index in [0.29, 0.717) is 14.9 Å². The lowest BCUT2D eigenvalue weighted by atomic mass is 9.84. The van der Waals surface area contributed by atoms with Gasteiger partial charge in [-0.1, -0.05) is 27.8 Å². The summed E-state index contributed by atoms with van der Waals surface area (Å²) in [6.45, 7) is 4.20. The normalized spacial score (nSPS) is 4.45. The van der Waals surface area contributed by atoms with Gasteiger partial charge < -0.3 is 0 Å². The van der Waals surface area contributed by atoms with Crippen LogP contribution in [0, 0.1) is 355 Å². The van der Waals surface area contributed by atoms with Crippen LogP contribution in [0.2, 0.25) is 13.6 Å². The van der Waals surface area contributed by atoms with E-state index < -0.39 is 0 Å². The molecule has 0 fully saturated rings. The van der Waals surface area contributed by atoms with Gasteiger partial charge in [-0.2, -0.15) is 0 Å². The zero-order valence-electron chi connectivity index (χ0n) is 33.2. The lowest BCUT2D eigenvalue weighted by Crippen LogP contribution is -1.84. The van der Waals surface area contributed by atoms with Crippen LogP contribution in [-0.2, 0) is 0 Å². The molecule has 0 aromatic heterocycles. The first-order chi connectivity index (χ1) is 31.8. The van der Waals surface area contributed by atoms with Gasteiger partial charge in [0.15, 0.2) is 6.43 Å². The summed E-state index contributed by atoms with van der Waals surface area (Å²) in [6.07, 6.45) is 5.49. The summed E-state index contributed by atoms with van der Waals surface area (Å²) in [6, 6.07) is 0. The van der Waals surface area contributed by atoms with Gasteiger partial charge in [-0.15, -0.1) is 6.42 Å². The first-order valence-electron chi connectivity index (χ1n) is 16.5. The lowest BCUT2D eigenvalue weighted by Gasteiger charge is -1.85. The van der Waals surface area contributed by atoms with Gasteiger partial charge in [-0.05, 0) is 94.7 Å². The minimum atomic E-state index is 0.544. The van der Waals surface area contributed by atoms with E-state index in [4.69, 9.17) is 6.42 Å². The molecule has 64 heavy (non-hydrogen) atoms. The van der Waals surface area contributed by atoms with Crippen molar-refractivity contribution in [3.63, 3.8) is 0 Å². The predicted molar refractivity (Wildman–Crippen MR) is 260 cm³/mol. The van der Waals surface area contributed by atoms with Crippen LogP contribution in [0.15, 0.2) is 0 Å². The minimum absolute atomic E-state index is 0.544. The van der Waals surface area contributed by atoms with Crippen molar-refractivity contribution in [3.8, 4) is 355 Å². The number of rotatable bonds is 1. The SMILES string of the molecule is C#CC#CC#CC#CC#CC#CC#CC#CC#CC#CC#CC#CC#CC#CC#CC#CC#CC#CC#CC#CC#CC#CC#CC#CC#CC#CC#CC#CC#CC#CPB(C)C. The highest BCUT2D eigenvalue weighted by atomic mass is 31.1. The summed E-state index contributed by atoms with van der Waals surface area (Å²) >= 11 is 0. The van der Waals surface area contributed by atoms with E-state index in [1.165, 1.54) is 0 Å². The first kappa shape index (κ1) is 51.3. The molecule has 1 atom stereocenters. The van der Waals surface area contributed by atoms with Crippen molar-refractivity contribution in [1.82, 2.24) is 0 Å². The highest BCUT2D eigenvalue weighted by Crippen LogP contribution is 2.10. The molecule has 0 saturated carbocycles. The smallest absolute Gasteiger partial charge is 0.106 e. The van der Waals surface area contributed by atoms with Crippen molar-refractivity contribution in [2.24, 2.45) is 0 Å². The molecule has 0 heterocycles. The first-order valence-corrected chi connectivity index (χ1v) is 17.6. The van der Waals surface area contributed by atoms with Gasteiger partial charge in [0.25, 0.3) is 0 Å². The average Bonchev–Trinajstić information content (AvgIpc) is 3.29. The van der Waals surface area contributed by atoms with Crippen molar-refractivity contribution in [2.45, 2.75) is 13.6 Å². The zero-order valence-corrected chi connectivity index (χ0v) is 34.2. The minimum Gasteiger partial charge on any atom is -0.106 e. The van der Waals surface area contributed by atoms with Crippen LogP contribution in [0.5, 0.6) is 0 Å². The molecule has 0 aliphatic carbocycles. The molecule has 1 unspecified atom stereocenters. The van der Waals surface area contributed by atoms with Gasteiger partial charge >= 0.3 is 0 Å². The van der Waals surface area contributed by atoms with Gasteiger partial charge in [-0.25, -0.2) is 0 Å². The van der Waals surface area contributed by atoms with Crippen molar-refractivity contribution in [1.29, 1.82) is 0 Å². The third kappa shape index (κ3) is 49.3. The largest absolute Gasteiger partial charge is 0.176 e. The van der Waals surface area contributed by atoms with Crippen molar-refractivity contribution in [2.75, 3.05) is 0 Å². The number of hydrogen-bond acceptors (Lipinski definition) is 0. The topological polar surface area (TPSA) is 0 Å². The van der Waals surface area contributed by atoms with Gasteiger partial charge in [0.1, 0.15) is 0 Å². The van der Waals surface area contributed by atoms with Gasteiger partial charge in [0.05, 0.1) is 0 Å². The second-order valence-electron chi connectivity index (χ2n) is 8.69. The molecular weight excluding hydrogens is 786 g/mol. The van der Waals surface area contributed by atoms with E-state index in [2.05, 4.69) is 363 Å². The fourth-order valence-corrected chi connectivity index (χ4v) is 2.39. The number of terminal acetylenes is 1. The van der Waals surface area contributed by atoms with Gasteiger partial charge in [-0.3, -0.25) is 0 Å². The molecule has 0 bridgehead atoms. The van der Waals surface area contributed by atoms with E-state index in [-0.39, 0.29) is 0 Å². The van der Waals surface area contributed by atoms with Crippen LogP contribution in [0.1, 0.15) is 0 Å². The Morgan fingerprint density at radius 2 is 0.297 bits per heavy atom. The van der Waals surface area contributed by atoms with Crippen LogP contribution in [0.3, 0.4) is 0 Å². The molecule has 0 saturated heterocycles. The summed E-state index contributed by atoms with van der Waals surface area (Å²) in [5.41, 5.74) is 2.97. The molecule has 0 aliphatic heterocycles. The lowest BCUT2D eigenvalue weighted by molar-refractivity contribution is 2.11. The summed E-state index contributed by atoms with van der Waals surface area (Å²) in [5, 5.41) is 0. The van der Waals surface area contributed by atoms with E-state index in [1.807, 2.05) is 0 Å². The van der Waals surface area contributed by atoms with E-state index >= 15 is 0 Å². The van der Waals surface area contributed by atoms with Gasteiger partial charge in [0, 0.05) is 249 Å². The van der Waals surface area contributed by atoms with Crippen molar-refractivity contribution in [3.05, 3.63) is 0 Å². The Labute approximate surface area is 382 Å². The molecule has 2 heteroatoms. The maximum Gasteiger partial charge on any atom is 0.176 e. The van der Waals surface area contributed by atoms with Crippen LogP contribution in [0.25, 0.3) is 0 Å². The molecule has 0 aromatic carbocycles. The van der Waals surface area contributed by atoms with Crippen LogP contribution in [0.4, 0.5) is 0 Å². The molecule has 264 valence electrons. The van der Waals surface area contributed by atoms with Crippen molar-refractivity contribution < 1.29 is 0 Å². The fourth-order valence-electron chi connectivity index (χ4n) is 1.97. The molecular formula is C62H8BP. The second-order valence-corrected chi connectivity index (χ2v) is 10.4. The maximum atomic E-state index is 4.95. The molecule has 0 radical (unpaired) electrons. The van der Waals surface area contributed by atoms with Crippen molar-refractivity contribution >= 4 is 14.9 Å². The monoisotopic (exact) mass is 794 g/mol. The van der Waals surface area contributed by atoms with Crippen LogP contribution in [-0.4, -0.2) is 6.43 Å². The molecule has 0 amide bonds. The second kappa shape index (κ2) is 48.3. The quantitative estimate of drug-likeness (QED) is 0.215. The summed E-state index contributed by atoms with van der Waals surface area (Å²) in [7, 11) is 0.568. The average molecular weight is 795 g/mol. The number of hydrogen-bond donors (Lipinski definition) is 0. The zero-order chi connectivity index (χ0) is 46.0. The Morgan fingerprint density at radius 3 is 0.406 bits per heavy atom. The molecule has 0 nitrogen and oxygen atoms in total. The molecule has 0 rings (SSSR count). The maximum absolute atomic E-state index is 4.95. The fraction of sp³-hybridized carbons (Fsp3) is 0.0323. The van der Waals surface area contributed by atoms with Crippen LogP contribution < -0.4 is 0 Å². The summed E-state index contributed by atoms with van der Waals surface area (Å²) in [4.78, 5) is 0. The van der Waals surface area contributed by atoms with E-state index in [9.17, 15) is 0 Å². The Morgan fingerprint density at radius 1 is 0.188 bits per heavy atom. The highest BCUT2D eigenvalue weighted by Gasteiger charge is 1.90. The third-order valence-corrected chi connectivity index (χ3v) is 4.84. The standard InChI is InChI=1S/C62H8BP/c1-4-5-6-7-8-9-10-11-12-13-14-15-16-17-18-19-20-21-22-23-24-25-26-27-28-29-30-31-32-33-34-35-36-37-38-39-40-41-42-43-44-45-46-47-48-49-50-51-52-53-54-55-56-57-58-59-60-61-62-64-63(2)3/h1,64H,2-3H3. The van der Waals surface area contributed by atoms with E-state index in [0.717, 1.165) is 0 Å². The predicted octanol–water partition coefficient (Wildman–Crippen LogP) is 1.61. The van der Waals surface area contributed by atoms with Crippen LogP contribution >= 0.6 is 8.46 Å². The van der Waals surface area contributed by atoms with Gasteiger partial charge in [0.2, 0.25) is 0 Å². The Bertz CT molecular complexity index is 3970. The summed E-state index contributed by atoms with van der Waals surface area (Å²) in [5.74, 6) is 145. The Hall–Kier alpha value is -12.7. The Kier molecular flexibility index (Phi) is 38.7. The summed E-state index contributed by atoms with van der Waals surface area (Å²) < 4.78 is 0. The molecule has 0 aromatic rings. The molecule has 0 aliphatic rings. The highest BCUT2D eigenvalue weighted by molar-refractivity contribution is 7.79. The third-order valence-electron chi connectivity index (χ3n) is 4.00. The Balaban J connectivity index is 4.58. The van der Waals surface area contributed by atoms with E-state index in [1.54, 1.807) is 0 Å².